The number of hydrogen-bond acceptors (Lipinski definition) is 4. The predicted molar refractivity (Wildman–Crippen MR) is 103 cm³/mol. The van der Waals surface area contributed by atoms with Crippen molar-refractivity contribution in [1.29, 1.82) is 0 Å². The molecule has 3 aromatic rings. The number of nitrogens with zero attached hydrogens (tertiary/aromatic N) is 3. The van der Waals surface area contributed by atoms with E-state index in [-0.39, 0.29) is 54.7 Å². The molecule has 4 rings (SSSR count). The van der Waals surface area contributed by atoms with Gasteiger partial charge in [-0.3, -0.25) is 20.0 Å². The van der Waals surface area contributed by atoms with Gasteiger partial charge < -0.3 is 5.73 Å². The fourth-order valence-corrected chi connectivity index (χ4v) is 3.20. The first-order valence-corrected chi connectivity index (χ1v) is 8.62. The minimum Gasteiger partial charge on any atom is -0.698 e. The maximum atomic E-state index is 10.6. The second-order valence-electron chi connectivity index (χ2n) is 6.19. The van der Waals surface area contributed by atoms with Crippen LogP contribution in [0.2, 0.25) is 0 Å². The van der Waals surface area contributed by atoms with Crippen molar-refractivity contribution in [2.24, 2.45) is 0 Å². The molecule has 1 aliphatic heterocycles. The molecule has 0 aliphatic carbocycles. The summed E-state index contributed by atoms with van der Waals surface area (Å²) < 4.78 is 0. The van der Waals surface area contributed by atoms with E-state index in [2.05, 4.69) is 22.9 Å². The molecular weight excluding hydrogens is 555 g/mol. The molecule has 6 nitrogen and oxygen atoms in total. The van der Waals surface area contributed by atoms with E-state index in [0.717, 1.165) is 31.4 Å². The number of benzene rings is 2. The molecular formula is C20H21AcN4O2-. The maximum absolute atomic E-state index is 10.6. The van der Waals surface area contributed by atoms with Crippen LogP contribution in [0.5, 0.6) is 0 Å². The summed E-state index contributed by atoms with van der Waals surface area (Å²) in [6.07, 6.45) is 4.21. The molecule has 1 radical (unpaired) electrons. The van der Waals surface area contributed by atoms with Gasteiger partial charge in [0.15, 0.2) is 0 Å². The number of nitrogens with one attached hydrogen (secondary N) is 1. The minimum absolute atomic E-state index is 0. The van der Waals surface area contributed by atoms with Crippen LogP contribution in [0, 0.1) is 54.2 Å². The van der Waals surface area contributed by atoms with Crippen molar-refractivity contribution >= 4 is 22.1 Å². The number of pyridine rings is 1. The molecule has 137 valence electrons. The van der Waals surface area contributed by atoms with Crippen molar-refractivity contribution in [1.82, 2.24) is 9.88 Å². The molecule has 1 aromatic heterocycles. The van der Waals surface area contributed by atoms with Gasteiger partial charge in [-0.1, -0.05) is 42.8 Å². The average molecular weight is 576 g/mol. The first kappa shape index (κ1) is 21.7. The molecule has 0 bridgehead atoms. The van der Waals surface area contributed by atoms with Crippen LogP contribution >= 0.6 is 0 Å². The Balaban J connectivity index is 0.000000187. The summed E-state index contributed by atoms with van der Waals surface area (Å²) in [5, 5.41) is 12.0. The van der Waals surface area contributed by atoms with Gasteiger partial charge in [0, 0.05) is 81.0 Å². The van der Waals surface area contributed by atoms with E-state index in [4.69, 9.17) is 5.73 Å². The zero-order valence-electron chi connectivity index (χ0n) is 15.3. The fraction of sp³-hybridized carbons (Fsp3) is 0.250. The number of hydrogen-bond donors (Lipinski definition) is 0. The van der Waals surface area contributed by atoms with Crippen LogP contribution in [-0.2, 0) is 13.0 Å². The van der Waals surface area contributed by atoms with Crippen molar-refractivity contribution in [3.63, 3.8) is 0 Å². The third-order valence-electron chi connectivity index (χ3n) is 4.65. The van der Waals surface area contributed by atoms with Crippen molar-refractivity contribution < 1.29 is 49.0 Å². The Morgan fingerprint density at radius 3 is 2.74 bits per heavy atom. The van der Waals surface area contributed by atoms with Crippen LogP contribution in [-0.4, -0.2) is 27.9 Å². The maximum Gasteiger partial charge on any atom is 0.277 e. The van der Waals surface area contributed by atoms with Gasteiger partial charge in [-0.2, -0.15) is 0 Å². The molecule has 1 N–H and O–H groups in total. The van der Waals surface area contributed by atoms with Crippen molar-refractivity contribution in [3.05, 3.63) is 81.8 Å². The van der Waals surface area contributed by atoms with E-state index >= 15 is 0 Å². The number of likely N-dealkylation sites (N-methyl/N-ethyl adjacent to an activating group) is 1. The smallest absolute Gasteiger partial charge is 0.277 e. The number of nitro groups is 1. The zero-order chi connectivity index (χ0) is 18.5. The second kappa shape index (κ2) is 10.1. The number of rotatable bonds is 2. The normalized spacial score (nSPS) is 13.1. The number of aromatic nitrogens is 1. The average Bonchev–Trinajstić information content (AvgIpc) is 2.68. The van der Waals surface area contributed by atoms with Crippen molar-refractivity contribution in [3.8, 4) is 0 Å². The molecule has 27 heavy (non-hydrogen) atoms. The topological polar surface area (TPSA) is 83.1 Å². The van der Waals surface area contributed by atoms with E-state index < -0.39 is 0 Å². The molecule has 0 atom stereocenters. The van der Waals surface area contributed by atoms with E-state index in [9.17, 15) is 10.1 Å². The van der Waals surface area contributed by atoms with Crippen LogP contribution in [0.15, 0.2) is 54.9 Å². The van der Waals surface area contributed by atoms with Gasteiger partial charge in [-0.05, 0) is 24.6 Å². The first-order valence-electron chi connectivity index (χ1n) is 8.62. The molecule has 0 saturated heterocycles. The van der Waals surface area contributed by atoms with Gasteiger partial charge in [0.05, 0.1) is 10.3 Å². The summed E-state index contributed by atoms with van der Waals surface area (Å²) in [6.45, 7) is 5.44. The minimum atomic E-state index is -0.387. The third kappa shape index (κ3) is 5.25. The number of non-ortho nitro benzene ring substituents is 1. The van der Waals surface area contributed by atoms with E-state index in [1.54, 1.807) is 30.6 Å². The summed E-state index contributed by atoms with van der Waals surface area (Å²) in [4.78, 5) is 16.5. The van der Waals surface area contributed by atoms with Gasteiger partial charge in [-0.15, -0.1) is 5.69 Å². The Bertz CT molecular complexity index is 928. The molecule has 0 amide bonds. The van der Waals surface area contributed by atoms with E-state index in [1.165, 1.54) is 17.2 Å². The summed E-state index contributed by atoms with van der Waals surface area (Å²) in [7, 11) is 0. The van der Waals surface area contributed by atoms with Crippen LogP contribution < -0.4 is 0 Å². The van der Waals surface area contributed by atoms with Gasteiger partial charge in [0.25, 0.3) is 5.69 Å². The Morgan fingerprint density at radius 1 is 1.22 bits per heavy atom. The number of nitro benzene ring substituents is 1. The van der Waals surface area contributed by atoms with E-state index in [1.807, 2.05) is 12.1 Å². The Hall–Kier alpha value is -1.55. The first-order chi connectivity index (χ1) is 12.6. The van der Waals surface area contributed by atoms with Gasteiger partial charge in [-0.25, -0.2) is 0 Å². The SMILES string of the molecule is CCN1CCc2c([NH-])cccc2C1.O=[N+]([O-])c1cccc2cnccc12.[Ac]. The van der Waals surface area contributed by atoms with Crippen molar-refractivity contribution in [2.75, 3.05) is 13.1 Å². The zero-order valence-corrected chi connectivity index (χ0v) is 20.0. The van der Waals surface area contributed by atoms with Crippen LogP contribution in [0.1, 0.15) is 18.1 Å². The standard InChI is InChI=1S/C11H15N2.C9H6N2O2.Ac/c1-2-13-7-6-10-9(8-13)4-3-5-11(10)12;12-11(13)9-3-1-2-7-6-10-5-4-8(7)9;/h3-5,12H,2,6-8H2,1H3;1-6H;/q-1;;. The van der Waals surface area contributed by atoms with Crippen molar-refractivity contribution in [2.45, 2.75) is 19.9 Å². The molecule has 0 saturated carbocycles. The van der Waals surface area contributed by atoms with Crippen LogP contribution in [0.25, 0.3) is 16.5 Å². The molecule has 0 spiro atoms. The Morgan fingerprint density at radius 2 is 2.00 bits per heavy atom. The van der Waals surface area contributed by atoms with Crippen LogP contribution in [0.4, 0.5) is 11.4 Å². The monoisotopic (exact) mass is 576 g/mol. The molecule has 0 fully saturated rings. The van der Waals surface area contributed by atoms with Crippen LogP contribution in [0.3, 0.4) is 0 Å². The van der Waals surface area contributed by atoms with E-state index in [0.29, 0.717) is 11.1 Å². The fourth-order valence-electron chi connectivity index (χ4n) is 3.20. The summed E-state index contributed by atoms with van der Waals surface area (Å²) in [5.74, 6) is 0. The summed E-state index contributed by atoms with van der Waals surface area (Å²) in [5.41, 5.74) is 11.2. The molecule has 7 heteroatoms. The predicted octanol–water partition coefficient (Wildman–Crippen LogP) is 4.89. The Labute approximate surface area is 194 Å². The van der Waals surface area contributed by atoms with Gasteiger partial charge in [0.2, 0.25) is 0 Å². The summed E-state index contributed by atoms with van der Waals surface area (Å²) >= 11 is 0. The largest absolute Gasteiger partial charge is 0.698 e. The Kier molecular flexibility index (Phi) is 8.15. The van der Waals surface area contributed by atoms with Gasteiger partial charge >= 0.3 is 0 Å². The summed E-state index contributed by atoms with van der Waals surface area (Å²) in [6, 6.07) is 12.6. The number of fused-ring (bicyclic) bond motifs is 2. The second-order valence-corrected chi connectivity index (χ2v) is 6.19. The molecule has 2 heterocycles. The molecule has 0 unspecified atom stereocenters. The third-order valence-corrected chi connectivity index (χ3v) is 4.65. The molecule has 2 aromatic carbocycles. The van der Waals surface area contributed by atoms with Gasteiger partial charge in [0.1, 0.15) is 0 Å². The quantitative estimate of drug-likeness (QED) is 0.322. The molecule has 1 aliphatic rings.